The molecule has 0 saturated heterocycles. The number of hydrogen-bond donors (Lipinski definition) is 1. The minimum Gasteiger partial charge on any atom is -0.336 e. The van der Waals surface area contributed by atoms with Gasteiger partial charge in [-0.25, -0.2) is 4.68 Å². The lowest BCUT2D eigenvalue weighted by Crippen LogP contribution is -2.14. The van der Waals surface area contributed by atoms with Gasteiger partial charge in [0.2, 0.25) is 5.16 Å². The first kappa shape index (κ1) is 12.0. The van der Waals surface area contributed by atoms with Crippen LogP contribution < -0.4 is 5.84 Å². The van der Waals surface area contributed by atoms with Crippen LogP contribution in [0.2, 0.25) is 0 Å². The predicted molar refractivity (Wildman–Crippen MR) is 70.4 cm³/mol. The number of nitrogen functional groups attached to an aromatic ring is 1. The van der Waals surface area contributed by atoms with Gasteiger partial charge in [0.15, 0.2) is 5.82 Å². The van der Waals surface area contributed by atoms with Crippen molar-refractivity contribution in [1.82, 2.24) is 14.9 Å². The minimum atomic E-state index is 0.719. The highest BCUT2D eigenvalue weighted by Gasteiger charge is 2.09. The molecule has 2 rings (SSSR count). The Morgan fingerprint density at radius 3 is 2.71 bits per heavy atom. The number of nitrogens with two attached hydrogens (primary N) is 1. The summed E-state index contributed by atoms with van der Waals surface area (Å²) in [5.41, 5.74) is 1.19. The monoisotopic (exact) mass is 248 g/mol. The van der Waals surface area contributed by atoms with E-state index in [9.17, 15) is 0 Å². The molecular formula is C12H16N4S. The summed E-state index contributed by atoms with van der Waals surface area (Å²) in [7, 11) is 0. The lowest BCUT2D eigenvalue weighted by atomic mass is 10.1. The van der Waals surface area contributed by atoms with Crippen LogP contribution in [0, 0.1) is 0 Å². The van der Waals surface area contributed by atoms with E-state index < -0.39 is 0 Å². The van der Waals surface area contributed by atoms with Crippen LogP contribution in [-0.2, 0) is 6.42 Å². The fourth-order valence-electron chi connectivity index (χ4n) is 1.50. The number of rotatable bonds is 5. The molecule has 0 radical (unpaired) electrons. The molecule has 0 bridgehead atoms. The average Bonchev–Trinajstić information content (AvgIpc) is 2.70. The summed E-state index contributed by atoms with van der Waals surface area (Å²) < 4.78 is 1.59. The molecule has 0 spiro atoms. The Morgan fingerprint density at radius 2 is 2.00 bits per heavy atom. The van der Waals surface area contributed by atoms with E-state index in [2.05, 4.69) is 29.3 Å². The largest absolute Gasteiger partial charge is 0.336 e. The molecule has 1 aromatic carbocycles. The molecule has 90 valence electrons. The Kier molecular flexibility index (Phi) is 4.03. The van der Waals surface area contributed by atoms with Crippen molar-refractivity contribution in [2.45, 2.75) is 24.9 Å². The molecule has 4 nitrogen and oxygen atoms in total. The molecule has 0 saturated carbocycles. The van der Waals surface area contributed by atoms with Crippen LogP contribution in [0.25, 0.3) is 0 Å². The van der Waals surface area contributed by atoms with Gasteiger partial charge in [0, 0.05) is 12.2 Å². The fraction of sp³-hybridized carbons (Fsp3) is 0.333. The molecule has 2 aromatic rings. The van der Waals surface area contributed by atoms with E-state index in [-0.39, 0.29) is 0 Å². The second kappa shape index (κ2) is 5.72. The minimum absolute atomic E-state index is 0.719. The summed E-state index contributed by atoms with van der Waals surface area (Å²) in [5.74, 6) is 7.78. The third kappa shape index (κ3) is 3.00. The predicted octanol–water partition coefficient (Wildman–Crippen LogP) is 2.08. The lowest BCUT2D eigenvalue weighted by Gasteiger charge is -2.03. The van der Waals surface area contributed by atoms with Gasteiger partial charge in [-0.1, -0.05) is 49.0 Å². The van der Waals surface area contributed by atoms with Gasteiger partial charge >= 0.3 is 0 Å². The second-order valence-electron chi connectivity index (χ2n) is 3.78. The van der Waals surface area contributed by atoms with E-state index in [0.29, 0.717) is 0 Å². The van der Waals surface area contributed by atoms with E-state index in [1.54, 1.807) is 16.4 Å². The van der Waals surface area contributed by atoms with Gasteiger partial charge in [-0.15, -0.1) is 10.2 Å². The van der Waals surface area contributed by atoms with Crippen LogP contribution in [0.5, 0.6) is 0 Å². The normalized spacial score (nSPS) is 10.6. The topological polar surface area (TPSA) is 56.7 Å². The maximum Gasteiger partial charge on any atom is 0.209 e. The maximum absolute atomic E-state index is 5.96. The van der Waals surface area contributed by atoms with Crippen LogP contribution in [0.3, 0.4) is 0 Å². The molecule has 0 fully saturated rings. The summed E-state index contributed by atoms with van der Waals surface area (Å²) in [6.45, 7) is 2.13. The Hall–Kier alpha value is -1.49. The Balaban J connectivity index is 2.09. The molecule has 17 heavy (non-hydrogen) atoms. The van der Waals surface area contributed by atoms with E-state index in [4.69, 9.17) is 5.84 Å². The van der Waals surface area contributed by atoms with Crippen molar-refractivity contribution >= 4 is 11.8 Å². The number of nitrogens with zero attached hydrogens (tertiary/aromatic N) is 3. The maximum atomic E-state index is 5.96. The first-order valence-corrected chi connectivity index (χ1v) is 6.66. The van der Waals surface area contributed by atoms with Crippen LogP contribution in [0.15, 0.2) is 35.5 Å². The molecule has 1 aromatic heterocycles. The highest BCUT2D eigenvalue weighted by Crippen LogP contribution is 2.16. The third-order valence-corrected chi connectivity index (χ3v) is 3.52. The van der Waals surface area contributed by atoms with Crippen molar-refractivity contribution in [1.29, 1.82) is 0 Å². The molecule has 5 heteroatoms. The molecule has 2 N–H and O–H groups in total. The van der Waals surface area contributed by atoms with Gasteiger partial charge in [0.25, 0.3) is 0 Å². The SMILES string of the molecule is CCCSc1nnc(Cc2ccccc2)n1N. The molecular weight excluding hydrogens is 232 g/mol. The molecule has 0 unspecified atom stereocenters. The zero-order valence-corrected chi connectivity index (χ0v) is 10.7. The third-order valence-electron chi connectivity index (χ3n) is 2.38. The highest BCUT2D eigenvalue weighted by molar-refractivity contribution is 7.99. The van der Waals surface area contributed by atoms with Crippen molar-refractivity contribution in [3.05, 3.63) is 41.7 Å². The molecule has 0 aliphatic heterocycles. The van der Waals surface area contributed by atoms with Crippen LogP contribution in [0.4, 0.5) is 0 Å². The standard InChI is InChI=1S/C12H16N4S/c1-2-8-17-12-15-14-11(16(12)13)9-10-6-4-3-5-7-10/h3-7H,2,8-9,13H2,1H3. The average molecular weight is 248 g/mol. The summed E-state index contributed by atoms with van der Waals surface area (Å²) in [6.07, 6.45) is 1.82. The first-order valence-electron chi connectivity index (χ1n) is 5.67. The quantitative estimate of drug-likeness (QED) is 0.650. The van der Waals surface area contributed by atoms with Crippen molar-refractivity contribution in [2.24, 2.45) is 0 Å². The molecule has 0 aliphatic carbocycles. The summed E-state index contributed by atoms with van der Waals surface area (Å²) in [6, 6.07) is 10.2. The van der Waals surface area contributed by atoms with E-state index in [0.717, 1.165) is 29.6 Å². The fourth-order valence-corrected chi connectivity index (χ4v) is 2.23. The Morgan fingerprint density at radius 1 is 1.24 bits per heavy atom. The molecule has 0 atom stereocenters. The van der Waals surface area contributed by atoms with Gasteiger partial charge in [-0.05, 0) is 12.0 Å². The molecule has 1 heterocycles. The lowest BCUT2D eigenvalue weighted by molar-refractivity contribution is 0.805. The van der Waals surface area contributed by atoms with Crippen molar-refractivity contribution < 1.29 is 0 Å². The highest BCUT2D eigenvalue weighted by atomic mass is 32.2. The summed E-state index contributed by atoms with van der Waals surface area (Å²) in [5, 5.41) is 9.02. The van der Waals surface area contributed by atoms with E-state index >= 15 is 0 Å². The zero-order chi connectivity index (χ0) is 12.1. The van der Waals surface area contributed by atoms with Crippen LogP contribution in [0.1, 0.15) is 24.7 Å². The smallest absolute Gasteiger partial charge is 0.209 e. The zero-order valence-electron chi connectivity index (χ0n) is 9.84. The van der Waals surface area contributed by atoms with Crippen molar-refractivity contribution in [3.8, 4) is 0 Å². The summed E-state index contributed by atoms with van der Waals surface area (Å²) in [4.78, 5) is 0. The van der Waals surface area contributed by atoms with E-state index in [1.807, 2.05) is 18.2 Å². The van der Waals surface area contributed by atoms with Crippen molar-refractivity contribution in [2.75, 3.05) is 11.6 Å². The van der Waals surface area contributed by atoms with Gasteiger partial charge in [0.05, 0.1) is 0 Å². The van der Waals surface area contributed by atoms with Gasteiger partial charge in [-0.3, -0.25) is 0 Å². The molecule has 0 aliphatic rings. The second-order valence-corrected chi connectivity index (χ2v) is 4.84. The van der Waals surface area contributed by atoms with Crippen LogP contribution in [-0.4, -0.2) is 20.6 Å². The van der Waals surface area contributed by atoms with Gasteiger partial charge < -0.3 is 5.84 Å². The molecule has 0 amide bonds. The van der Waals surface area contributed by atoms with Gasteiger partial charge in [-0.2, -0.15) is 0 Å². The number of aromatic nitrogens is 3. The van der Waals surface area contributed by atoms with Gasteiger partial charge in [0.1, 0.15) is 0 Å². The number of thioether (sulfide) groups is 1. The van der Waals surface area contributed by atoms with Crippen molar-refractivity contribution in [3.63, 3.8) is 0 Å². The first-order chi connectivity index (χ1) is 8.31. The summed E-state index contributed by atoms with van der Waals surface area (Å²) >= 11 is 1.64. The number of hydrogen-bond acceptors (Lipinski definition) is 4. The van der Waals surface area contributed by atoms with E-state index in [1.165, 1.54) is 5.56 Å². The Bertz CT molecular complexity index is 467. The van der Waals surface area contributed by atoms with Crippen LogP contribution >= 0.6 is 11.8 Å². The Labute approximate surface area is 105 Å². The number of benzene rings is 1.